The van der Waals surface area contributed by atoms with Gasteiger partial charge in [0.1, 0.15) is 13.1 Å². The first-order chi connectivity index (χ1) is 11.5. The number of imide groups is 1. The molecule has 2 fully saturated rings. The van der Waals surface area contributed by atoms with Gasteiger partial charge in [0, 0.05) is 31.5 Å². The molecule has 2 saturated heterocycles. The van der Waals surface area contributed by atoms with Crippen molar-refractivity contribution >= 4 is 29.2 Å². The number of urea groups is 1. The summed E-state index contributed by atoms with van der Waals surface area (Å²) in [4.78, 5) is 40.3. The van der Waals surface area contributed by atoms with Gasteiger partial charge in [-0.15, -0.1) is 0 Å². The first-order valence-electron chi connectivity index (χ1n) is 8.16. The number of rotatable bonds is 4. The number of aryl methyl sites for hydroxylation is 1. The molecule has 7 heteroatoms. The fourth-order valence-corrected chi connectivity index (χ4v) is 3.12. The van der Waals surface area contributed by atoms with Gasteiger partial charge in [-0.3, -0.25) is 14.5 Å². The number of amides is 4. The SMILES string of the molecule is Cc1cc(N2CCCC2)ccc1NC(=O)CN1C(=O)CN(C)C1=O. The Bertz CT molecular complexity index is 682. The van der Waals surface area contributed by atoms with Gasteiger partial charge in [-0.2, -0.15) is 0 Å². The monoisotopic (exact) mass is 330 g/mol. The van der Waals surface area contributed by atoms with Crippen LogP contribution in [0.1, 0.15) is 18.4 Å². The van der Waals surface area contributed by atoms with E-state index in [1.807, 2.05) is 19.1 Å². The van der Waals surface area contributed by atoms with E-state index in [1.165, 1.54) is 17.7 Å². The van der Waals surface area contributed by atoms with Crippen LogP contribution in [-0.2, 0) is 9.59 Å². The van der Waals surface area contributed by atoms with Crippen molar-refractivity contribution in [3.63, 3.8) is 0 Å². The largest absolute Gasteiger partial charge is 0.372 e. The van der Waals surface area contributed by atoms with Gasteiger partial charge < -0.3 is 15.1 Å². The van der Waals surface area contributed by atoms with Crippen molar-refractivity contribution in [2.75, 3.05) is 43.4 Å². The Morgan fingerprint density at radius 1 is 1.21 bits per heavy atom. The second-order valence-corrected chi connectivity index (χ2v) is 6.36. The second kappa shape index (κ2) is 6.51. The summed E-state index contributed by atoms with van der Waals surface area (Å²) in [5.41, 5.74) is 2.83. The molecular formula is C17H22N4O3. The van der Waals surface area contributed by atoms with Crippen LogP contribution in [0.2, 0.25) is 0 Å². The third kappa shape index (κ3) is 3.20. The average molecular weight is 330 g/mol. The number of hydrogen-bond acceptors (Lipinski definition) is 4. The Labute approximate surface area is 141 Å². The van der Waals surface area contributed by atoms with Crippen molar-refractivity contribution in [3.8, 4) is 0 Å². The molecule has 1 N–H and O–H groups in total. The quantitative estimate of drug-likeness (QED) is 0.848. The van der Waals surface area contributed by atoms with E-state index in [0.29, 0.717) is 5.69 Å². The van der Waals surface area contributed by atoms with E-state index >= 15 is 0 Å². The zero-order valence-electron chi connectivity index (χ0n) is 14.0. The maximum Gasteiger partial charge on any atom is 0.327 e. The second-order valence-electron chi connectivity index (χ2n) is 6.36. The lowest BCUT2D eigenvalue weighted by atomic mass is 10.1. The lowest BCUT2D eigenvalue weighted by Gasteiger charge is -2.20. The smallest absolute Gasteiger partial charge is 0.327 e. The third-order valence-electron chi connectivity index (χ3n) is 4.49. The molecule has 0 atom stereocenters. The Hall–Kier alpha value is -2.57. The number of nitrogens with zero attached hydrogens (tertiary/aromatic N) is 3. The van der Waals surface area contributed by atoms with Crippen molar-refractivity contribution in [1.29, 1.82) is 0 Å². The fraction of sp³-hybridized carbons (Fsp3) is 0.471. The third-order valence-corrected chi connectivity index (χ3v) is 4.49. The summed E-state index contributed by atoms with van der Waals surface area (Å²) < 4.78 is 0. The van der Waals surface area contributed by atoms with Crippen molar-refractivity contribution in [2.45, 2.75) is 19.8 Å². The van der Waals surface area contributed by atoms with E-state index in [9.17, 15) is 14.4 Å². The van der Waals surface area contributed by atoms with Gasteiger partial charge in [0.15, 0.2) is 0 Å². The van der Waals surface area contributed by atoms with Crippen LogP contribution in [0.3, 0.4) is 0 Å². The Morgan fingerprint density at radius 3 is 2.50 bits per heavy atom. The predicted molar refractivity (Wildman–Crippen MR) is 91.0 cm³/mol. The van der Waals surface area contributed by atoms with Gasteiger partial charge in [-0.25, -0.2) is 4.79 Å². The molecule has 24 heavy (non-hydrogen) atoms. The van der Waals surface area contributed by atoms with E-state index < -0.39 is 6.03 Å². The first-order valence-corrected chi connectivity index (χ1v) is 8.16. The molecular weight excluding hydrogens is 308 g/mol. The number of hydrogen-bond donors (Lipinski definition) is 1. The molecule has 2 heterocycles. The molecule has 0 radical (unpaired) electrons. The standard InChI is InChI=1S/C17H22N4O3/c1-12-9-13(20-7-3-4-8-20)5-6-14(12)18-15(22)10-21-16(23)11-19(2)17(21)24/h5-6,9H,3-4,7-8,10-11H2,1-2H3,(H,18,22). The van der Waals surface area contributed by atoms with Crippen LogP contribution < -0.4 is 10.2 Å². The Morgan fingerprint density at radius 2 is 1.92 bits per heavy atom. The molecule has 0 unspecified atom stereocenters. The van der Waals surface area contributed by atoms with Crippen LogP contribution in [0.5, 0.6) is 0 Å². The Kier molecular flexibility index (Phi) is 4.42. The van der Waals surface area contributed by atoms with Crippen molar-refractivity contribution in [1.82, 2.24) is 9.80 Å². The summed E-state index contributed by atoms with van der Waals surface area (Å²) in [5, 5.41) is 2.79. The summed E-state index contributed by atoms with van der Waals surface area (Å²) in [5.74, 6) is -0.720. The van der Waals surface area contributed by atoms with Crippen LogP contribution in [0.15, 0.2) is 18.2 Å². The highest BCUT2D eigenvalue weighted by atomic mass is 16.2. The minimum absolute atomic E-state index is 0.0235. The van der Waals surface area contributed by atoms with Crippen LogP contribution in [0.25, 0.3) is 0 Å². The summed E-state index contributed by atoms with van der Waals surface area (Å²) >= 11 is 0. The minimum atomic E-state index is -0.434. The van der Waals surface area contributed by atoms with Gasteiger partial charge in [-0.1, -0.05) is 0 Å². The molecule has 2 aliphatic heterocycles. The van der Waals surface area contributed by atoms with E-state index in [4.69, 9.17) is 0 Å². The molecule has 1 aromatic rings. The molecule has 0 aliphatic carbocycles. The summed E-state index contributed by atoms with van der Waals surface area (Å²) in [7, 11) is 1.54. The van der Waals surface area contributed by atoms with Gasteiger partial charge >= 0.3 is 6.03 Å². The lowest BCUT2D eigenvalue weighted by Crippen LogP contribution is -2.38. The molecule has 0 spiro atoms. The molecule has 2 aliphatic rings. The van der Waals surface area contributed by atoms with E-state index in [2.05, 4.69) is 16.3 Å². The zero-order valence-corrected chi connectivity index (χ0v) is 14.0. The van der Waals surface area contributed by atoms with Crippen LogP contribution in [0.4, 0.5) is 16.2 Å². The molecule has 0 bridgehead atoms. The van der Waals surface area contributed by atoms with Crippen molar-refractivity contribution in [3.05, 3.63) is 23.8 Å². The summed E-state index contributed by atoms with van der Waals surface area (Å²) in [6.45, 7) is 3.84. The van der Waals surface area contributed by atoms with E-state index in [-0.39, 0.29) is 24.9 Å². The van der Waals surface area contributed by atoms with Gasteiger partial charge in [0.05, 0.1) is 0 Å². The summed E-state index contributed by atoms with van der Waals surface area (Å²) in [6, 6.07) is 5.49. The first kappa shape index (κ1) is 16.3. The maximum absolute atomic E-state index is 12.2. The van der Waals surface area contributed by atoms with Gasteiger partial charge in [0.25, 0.3) is 5.91 Å². The number of carbonyl (C=O) groups is 3. The lowest BCUT2D eigenvalue weighted by molar-refractivity contribution is -0.129. The number of benzene rings is 1. The highest BCUT2D eigenvalue weighted by Gasteiger charge is 2.34. The van der Waals surface area contributed by atoms with E-state index in [0.717, 1.165) is 29.2 Å². The zero-order chi connectivity index (χ0) is 17.3. The normalized spacial score (nSPS) is 17.8. The van der Waals surface area contributed by atoms with Crippen LogP contribution >= 0.6 is 0 Å². The molecule has 128 valence electrons. The van der Waals surface area contributed by atoms with Gasteiger partial charge in [0.2, 0.25) is 5.91 Å². The number of carbonyl (C=O) groups excluding carboxylic acids is 3. The van der Waals surface area contributed by atoms with E-state index in [1.54, 1.807) is 7.05 Å². The van der Waals surface area contributed by atoms with Crippen molar-refractivity contribution in [2.24, 2.45) is 0 Å². The minimum Gasteiger partial charge on any atom is -0.372 e. The Balaban J connectivity index is 1.64. The van der Waals surface area contributed by atoms with Crippen LogP contribution in [-0.4, -0.2) is 60.9 Å². The summed E-state index contributed by atoms with van der Waals surface area (Å²) in [6.07, 6.45) is 2.42. The fourth-order valence-electron chi connectivity index (χ4n) is 3.12. The number of likely N-dealkylation sites (N-methyl/N-ethyl adjacent to an activating group) is 1. The molecule has 0 aromatic heterocycles. The average Bonchev–Trinajstić information content (AvgIpc) is 3.14. The van der Waals surface area contributed by atoms with Crippen molar-refractivity contribution < 1.29 is 14.4 Å². The highest BCUT2D eigenvalue weighted by Crippen LogP contribution is 2.25. The molecule has 1 aromatic carbocycles. The van der Waals surface area contributed by atoms with Crippen LogP contribution in [0, 0.1) is 6.92 Å². The number of anilines is 2. The maximum atomic E-state index is 12.2. The van der Waals surface area contributed by atoms with Gasteiger partial charge in [-0.05, 0) is 43.5 Å². The predicted octanol–water partition coefficient (Wildman–Crippen LogP) is 1.43. The number of nitrogens with one attached hydrogen (secondary N) is 1. The molecule has 4 amide bonds. The molecule has 7 nitrogen and oxygen atoms in total. The topological polar surface area (TPSA) is 73.0 Å². The highest BCUT2D eigenvalue weighted by molar-refractivity contribution is 6.06. The molecule has 0 saturated carbocycles. The molecule has 3 rings (SSSR count).